The van der Waals surface area contributed by atoms with Gasteiger partial charge in [0.15, 0.2) is 0 Å². The highest BCUT2D eigenvalue weighted by atomic mass is 35.5. The minimum Gasteiger partial charge on any atom is -0.393 e. The molecule has 0 amide bonds. The molecule has 0 bridgehead atoms. The van der Waals surface area contributed by atoms with Gasteiger partial charge in [0.1, 0.15) is 0 Å². The van der Waals surface area contributed by atoms with Gasteiger partial charge in [-0.2, -0.15) is 0 Å². The fraction of sp³-hybridized carbons (Fsp3) is 0.538. The topological polar surface area (TPSA) is 23.5 Å². The van der Waals surface area contributed by atoms with Crippen LogP contribution in [-0.4, -0.2) is 29.7 Å². The average Bonchev–Trinajstić information content (AvgIpc) is 2.19. The molecule has 1 N–H and O–H groups in total. The Labute approximate surface area is 103 Å². The highest BCUT2D eigenvalue weighted by Gasteiger charge is 2.05. The Kier molecular flexibility index (Phi) is 5.26. The molecule has 1 atom stereocenters. The number of halogens is 1. The van der Waals surface area contributed by atoms with E-state index in [1.807, 2.05) is 27.0 Å². The van der Waals surface area contributed by atoms with Crippen LogP contribution in [0.1, 0.15) is 24.5 Å². The molecule has 0 saturated carbocycles. The van der Waals surface area contributed by atoms with Crippen LogP contribution in [0, 0.1) is 6.92 Å². The van der Waals surface area contributed by atoms with E-state index < -0.39 is 0 Å². The monoisotopic (exact) mass is 241 g/mol. The third-order valence-corrected chi connectivity index (χ3v) is 2.93. The van der Waals surface area contributed by atoms with Crippen molar-refractivity contribution in [2.24, 2.45) is 0 Å². The maximum atomic E-state index is 9.21. The molecule has 2 nitrogen and oxygen atoms in total. The normalized spacial score (nSPS) is 13.1. The summed E-state index contributed by atoms with van der Waals surface area (Å²) in [4.78, 5) is 2.17. The molecule has 90 valence electrons. The Morgan fingerprint density at radius 2 is 2.12 bits per heavy atom. The maximum Gasteiger partial charge on any atom is 0.0524 e. The van der Waals surface area contributed by atoms with Crippen molar-refractivity contribution in [3.63, 3.8) is 0 Å². The predicted molar refractivity (Wildman–Crippen MR) is 68.8 cm³/mol. The van der Waals surface area contributed by atoms with Gasteiger partial charge in [-0.05, 0) is 44.5 Å². The van der Waals surface area contributed by atoms with Gasteiger partial charge >= 0.3 is 0 Å². The molecule has 0 spiro atoms. The number of benzene rings is 1. The van der Waals surface area contributed by atoms with Crippen LogP contribution in [0.4, 0.5) is 0 Å². The van der Waals surface area contributed by atoms with Gasteiger partial charge in [-0.3, -0.25) is 0 Å². The summed E-state index contributed by atoms with van der Waals surface area (Å²) in [5, 5.41) is 10.0. The Bertz CT molecular complexity index is 339. The van der Waals surface area contributed by atoms with Crippen LogP contribution < -0.4 is 0 Å². The first-order valence-corrected chi connectivity index (χ1v) is 5.98. The van der Waals surface area contributed by atoms with Crippen LogP contribution in [0.2, 0.25) is 5.02 Å². The molecule has 0 radical (unpaired) electrons. The molecule has 0 fully saturated rings. The van der Waals surface area contributed by atoms with Gasteiger partial charge in [0.05, 0.1) is 6.10 Å². The molecular formula is C13H20ClNO. The van der Waals surface area contributed by atoms with E-state index >= 15 is 0 Å². The molecule has 1 rings (SSSR count). The molecule has 0 aliphatic carbocycles. The van der Waals surface area contributed by atoms with Crippen LogP contribution in [0.25, 0.3) is 0 Å². The van der Waals surface area contributed by atoms with E-state index in [9.17, 15) is 5.11 Å². The standard InChI is InChI=1S/C13H20ClNO/c1-10-4-5-12(13(14)8-10)9-15(3)7-6-11(2)16/h4-5,8,11,16H,6-7,9H2,1-3H3. The lowest BCUT2D eigenvalue weighted by Gasteiger charge is -2.18. The first-order chi connectivity index (χ1) is 7.49. The quantitative estimate of drug-likeness (QED) is 0.857. The summed E-state index contributed by atoms with van der Waals surface area (Å²) in [6, 6.07) is 6.12. The van der Waals surface area contributed by atoms with Crippen molar-refractivity contribution in [3.8, 4) is 0 Å². The lowest BCUT2D eigenvalue weighted by molar-refractivity contribution is 0.163. The van der Waals surface area contributed by atoms with E-state index in [0.29, 0.717) is 0 Å². The van der Waals surface area contributed by atoms with E-state index in [1.54, 1.807) is 0 Å². The van der Waals surface area contributed by atoms with E-state index in [4.69, 9.17) is 11.6 Å². The van der Waals surface area contributed by atoms with Gasteiger partial charge in [-0.15, -0.1) is 0 Å². The lowest BCUT2D eigenvalue weighted by Crippen LogP contribution is -2.22. The number of rotatable bonds is 5. The second-order valence-electron chi connectivity index (χ2n) is 4.47. The summed E-state index contributed by atoms with van der Waals surface area (Å²) < 4.78 is 0. The summed E-state index contributed by atoms with van der Waals surface area (Å²) in [6.45, 7) is 5.55. The van der Waals surface area contributed by atoms with E-state index in [1.165, 1.54) is 5.56 Å². The SMILES string of the molecule is Cc1ccc(CN(C)CCC(C)O)c(Cl)c1. The number of hydrogen-bond donors (Lipinski definition) is 1. The minimum absolute atomic E-state index is 0.240. The Balaban J connectivity index is 2.52. The van der Waals surface area contributed by atoms with Gasteiger partial charge in [-0.1, -0.05) is 23.7 Å². The summed E-state index contributed by atoms with van der Waals surface area (Å²) in [7, 11) is 2.04. The fourth-order valence-electron chi connectivity index (χ4n) is 1.56. The number of aryl methyl sites for hydroxylation is 1. The summed E-state index contributed by atoms with van der Waals surface area (Å²) in [5.41, 5.74) is 2.32. The van der Waals surface area contributed by atoms with Gasteiger partial charge in [0.2, 0.25) is 0 Å². The van der Waals surface area contributed by atoms with Crippen molar-refractivity contribution in [2.45, 2.75) is 32.9 Å². The van der Waals surface area contributed by atoms with Crippen LogP contribution in [-0.2, 0) is 6.54 Å². The second-order valence-corrected chi connectivity index (χ2v) is 4.88. The third kappa shape index (κ3) is 4.52. The van der Waals surface area contributed by atoms with Crippen molar-refractivity contribution in [2.75, 3.05) is 13.6 Å². The van der Waals surface area contributed by atoms with Crippen molar-refractivity contribution in [1.29, 1.82) is 0 Å². The lowest BCUT2D eigenvalue weighted by atomic mass is 10.1. The van der Waals surface area contributed by atoms with Gasteiger partial charge in [0, 0.05) is 18.1 Å². The molecule has 0 saturated heterocycles. The van der Waals surface area contributed by atoms with Crippen molar-refractivity contribution in [1.82, 2.24) is 4.90 Å². The van der Waals surface area contributed by atoms with Crippen LogP contribution in [0.3, 0.4) is 0 Å². The van der Waals surface area contributed by atoms with E-state index in [-0.39, 0.29) is 6.10 Å². The summed E-state index contributed by atoms with van der Waals surface area (Å²) >= 11 is 6.16. The first-order valence-electron chi connectivity index (χ1n) is 5.60. The zero-order chi connectivity index (χ0) is 12.1. The molecule has 1 aromatic carbocycles. The summed E-state index contributed by atoms with van der Waals surface area (Å²) in [5.74, 6) is 0. The van der Waals surface area contributed by atoms with E-state index in [0.717, 1.165) is 30.1 Å². The first kappa shape index (κ1) is 13.5. The number of aliphatic hydroxyl groups is 1. The highest BCUT2D eigenvalue weighted by Crippen LogP contribution is 2.18. The zero-order valence-corrected chi connectivity index (χ0v) is 11.0. The highest BCUT2D eigenvalue weighted by molar-refractivity contribution is 6.31. The Morgan fingerprint density at radius 3 is 2.69 bits per heavy atom. The maximum absolute atomic E-state index is 9.21. The smallest absolute Gasteiger partial charge is 0.0524 e. The average molecular weight is 242 g/mol. The number of hydrogen-bond acceptors (Lipinski definition) is 2. The van der Waals surface area contributed by atoms with Crippen LogP contribution in [0.15, 0.2) is 18.2 Å². The second kappa shape index (κ2) is 6.24. The van der Waals surface area contributed by atoms with Crippen LogP contribution >= 0.6 is 11.6 Å². The molecule has 0 aliphatic heterocycles. The van der Waals surface area contributed by atoms with Gasteiger partial charge in [-0.25, -0.2) is 0 Å². The van der Waals surface area contributed by atoms with Gasteiger partial charge < -0.3 is 10.0 Å². The van der Waals surface area contributed by atoms with Crippen molar-refractivity contribution in [3.05, 3.63) is 34.3 Å². The minimum atomic E-state index is -0.240. The molecule has 0 heterocycles. The molecule has 0 aliphatic rings. The summed E-state index contributed by atoms with van der Waals surface area (Å²) in [6.07, 6.45) is 0.552. The van der Waals surface area contributed by atoms with Gasteiger partial charge in [0.25, 0.3) is 0 Å². The van der Waals surface area contributed by atoms with Crippen molar-refractivity contribution < 1.29 is 5.11 Å². The Morgan fingerprint density at radius 1 is 1.44 bits per heavy atom. The predicted octanol–water partition coefficient (Wildman–Crippen LogP) is 2.85. The molecule has 1 aromatic rings. The molecular weight excluding hydrogens is 222 g/mol. The Hall–Kier alpha value is -0.570. The number of aliphatic hydroxyl groups excluding tert-OH is 1. The molecule has 16 heavy (non-hydrogen) atoms. The molecule has 0 aromatic heterocycles. The molecule has 1 unspecified atom stereocenters. The fourth-order valence-corrected chi connectivity index (χ4v) is 1.85. The van der Waals surface area contributed by atoms with Crippen molar-refractivity contribution >= 4 is 11.6 Å². The largest absolute Gasteiger partial charge is 0.393 e. The molecule has 3 heteroatoms. The number of nitrogens with zero attached hydrogens (tertiary/aromatic N) is 1. The van der Waals surface area contributed by atoms with E-state index in [2.05, 4.69) is 17.0 Å². The van der Waals surface area contributed by atoms with Crippen LogP contribution in [0.5, 0.6) is 0 Å². The zero-order valence-electron chi connectivity index (χ0n) is 10.2. The third-order valence-electron chi connectivity index (χ3n) is 2.58.